The highest BCUT2D eigenvalue weighted by molar-refractivity contribution is 5.55. The summed E-state index contributed by atoms with van der Waals surface area (Å²) in [5.41, 5.74) is 4.70. The standard InChI is InChI=1S/C24H31FN6/c1-17-6-7-18(2)21(16-17)29-12-14-30(15-13-29)22(19-8-10-20(25)11-9-19)23-26-27-28-31(23)24(3,4)5/h6-11,16,22H,12-15H2,1-5H3/p+1/t22-/m1/s1. The monoisotopic (exact) mass is 423 g/mol. The van der Waals surface area contributed by atoms with Gasteiger partial charge in [-0.2, -0.15) is 0 Å². The van der Waals surface area contributed by atoms with E-state index < -0.39 is 0 Å². The molecule has 0 radical (unpaired) electrons. The number of benzene rings is 2. The Morgan fingerprint density at radius 2 is 1.68 bits per heavy atom. The van der Waals surface area contributed by atoms with Crippen molar-refractivity contribution in [3.05, 3.63) is 70.8 Å². The first-order valence-corrected chi connectivity index (χ1v) is 10.9. The van der Waals surface area contributed by atoms with Crippen LogP contribution < -0.4 is 9.80 Å². The Morgan fingerprint density at radius 1 is 1.00 bits per heavy atom. The minimum Gasteiger partial charge on any atom is -0.360 e. The third-order valence-electron chi connectivity index (χ3n) is 6.11. The molecule has 7 heteroatoms. The van der Waals surface area contributed by atoms with Crippen molar-refractivity contribution in [1.82, 2.24) is 20.2 Å². The number of piperazine rings is 1. The second kappa shape index (κ2) is 8.38. The SMILES string of the molecule is Cc1ccc(C)c(N2CC[NH+]([C@H](c3ccc(F)cc3)c3nnnn3C(C)(C)C)CC2)c1. The minimum absolute atomic E-state index is 0.0458. The van der Waals surface area contributed by atoms with Gasteiger partial charge in [0.2, 0.25) is 5.82 Å². The summed E-state index contributed by atoms with van der Waals surface area (Å²) in [7, 11) is 0. The highest BCUT2D eigenvalue weighted by Gasteiger charge is 2.36. The number of tetrazole rings is 1. The van der Waals surface area contributed by atoms with Gasteiger partial charge in [0.15, 0.2) is 6.04 Å². The lowest BCUT2D eigenvalue weighted by atomic mass is 10.0. The molecule has 1 aliphatic heterocycles. The second-order valence-corrected chi connectivity index (χ2v) is 9.54. The van der Waals surface area contributed by atoms with Crippen molar-refractivity contribution in [2.24, 2.45) is 0 Å². The molecule has 1 aromatic heterocycles. The van der Waals surface area contributed by atoms with Crippen molar-refractivity contribution in [2.45, 2.75) is 46.2 Å². The number of quaternary nitrogens is 1. The van der Waals surface area contributed by atoms with E-state index in [1.807, 2.05) is 16.8 Å². The van der Waals surface area contributed by atoms with Crippen LogP contribution in [0.25, 0.3) is 0 Å². The van der Waals surface area contributed by atoms with Gasteiger partial charge in [0.1, 0.15) is 5.82 Å². The van der Waals surface area contributed by atoms with Crippen LogP contribution in [0, 0.1) is 19.7 Å². The molecule has 2 aromatic carbocycles. The zero-order valence-corrected chi connectivity index (χ0v) is 19.1. The predicted octanol–water partition coefficient (Wildman–Crippen LogP) is 2.68. The maximum atomic E-state index is 13.7. The predicted molar refractivity (Wildman–Crippen MR) is 120 cm³/mol. The molecular formula is C24H32FN6+. The van der Waals surface area contributed by atoms with E-state index in [9.17, 15) is 4.39 Å². The fourth-order valence-electron chi connectivity index (χ4n) is 4.46. The van der Waals surface area contributed by atoms with E-state index in [-0.39, 0.29) is 17.4 Å². The summed E-state index contributed by atoms with van der Waals surface area (Å²) < 4.78 is 15.6. The summed E-state index contributed by atoms with van der Waals surface area (Å²) in [6.07, 6.45) is 0. The van der Waals surface area contributed by atoms with Gasteiger partial charge in [0.25, 0.3) is 0 Å². The van der Waals surface area contributed by atoms with Gasteiger partial charge < -0.3 is 9.80 Å². The zero-order valence-electron chi connectivity index (χ0n) is 19.1. The Bertz CT molecular complexity index is 1030. The van der Waals surface area contributed by atoms with E-state index in [4.69, 9.17) is 0 Å². The maximum Gasteiger partial charge on any atom is 0.214 e. The van der Waals surface area contributed by atoms with Crippen LogP contribution in [-0.2, 0) is 5.54 Å². The zero-order chi connectivity index (χ0) is 22.2. The Morgan fingerprint density at radius 3 is 2.32 bits per heavy atom. The molecule has 3 aromatic rings. The molecule has 31 heavy (non-hydrogen) atoms. The molecule has 0 amide bonds. The molecule has 1 fully saturated rings. The van der Waals surface area contributed by atoms with Crippen LogP contribution in [0.3, 0.4) is 0 Å². The molecule has 4 rings (SSSR count). The van der Waals surface area contributed by atoms with Gasteiger partial charge in [-0.1, -0.05) is 12.1 Å². The Hall–Kier alpha value is -2.80. The first-order chi connectivity index (χ1) is 14.7. The fourth-order valence-corrected chi connectivity index (χ4v) is 4.46. The van der Waals surface area contributed by atoms with E-state index in [1.54, 1.807) is 0 Å². The number of rotatable bonds is 4. The summed E-state index contributed by atoms with van der Waals surface area (Å²) in [6, 6.07) is 13.4. The van der Waals surface area contributed by atoms with E-state index in [0.717, 1.165) is 37.6 Å². The van der Waals surface area contributed by atoms with Gasteiger partial charge in [-0.15, -0.1) is 5.10 Å². The third kappa shape index (κ3) is 4.46. The average molecular weight is 424 g/mol. The number of hydrogen-bond acceptors (Lipinski definition) is 4. The van der Waals surface area contributed by atoms with Crippen LogP contribution in [0.1, 0.15) is 49.3 Å². The number of nitrogens with one attached hydrogen (secondary N) is 1. The molecule has 1 saturated heterocycles. The van der Waals surface area contributed by atoms with E-state index in [0.29, 0.717) is 0 Å². The molecule has 2 heterocycles. The smallest absolute Gasteiger partial charge is 0.214 e. The normalized spacial score (nSPS) is 16.5. The summed E-state index contributed by atoms with van der Waals surface area (Å²) in [4.78, 5) is 3.87. The number of hydrogen-bond donors (Lipinski definition) is 1. The molecule has 6 nitrogen and oxygen atoms in total. The van der Waals surface area contributed by atoms with Crippen molar-refractivity contribution in [1.29, 1.82) is 0 Å². The van der Waals surface area contributed by atoms with Crippen molar-refractivity contribution in [3.63, 3.8) is 0 Å². The lowest BCUT2D eigenvalue weighted by molar-refractivity contribution is -0.927. The number of aromatic nitrogens is 4. The summed E-state index contributed by atoms with van der Waals surface area (Å²) in [5.74, 6) is 0.599. The van der Waals surface area contributed by atoms with Crippen LogP contribution in [-0.4, -0.2) is 46.4 Å². The van der Waals surface area contributed by atoms with Crippen molar-refractivity contribution < 1.29 is 9.29 Å². The summed E-state index contributed by atoms with van der Waals surface area (Å²) in [5, 5.41) is 12.7. The Balaban J connectivity index is 1.64. The third-order valence-corrected chi connectivity index (χ3v) is 6.11. The topological polar surface area (TPSA) is 51.3 Å². The molecule has 0 unspecified atom stereocenters. The Kier molecular flexibility index (Phi) is 5.79. The van der Waals surface area contributed by atoms with Gasteiger partial charge in [-0.3, -0.25) is 0 Å². The highest BCUT2D eigenvalue weighted by atomic mass is 19.1. The average Bonchev–Trinajstić information content (AvgIpc) is 3.22. The number of halogens is 1. The van der Waals surface area contributed by atoms with Gasteiger partial charge in [0.05, 0.1) is 31.7 Å². The molecule has 0 bridgehead atoms. The molecule has 164 valence electrons. The summed E-state index contributed by atoms with van der Waals surface area (Å²) >= 11 is 0. The Labute approximate surface area is 183 Å². The van der Waals surface area contributed by atoms with Crippen LogP contribution in [0.15, 0.2) is 42.5 Å². The van der Waals surface area contributed by atoms with Crippen LogP contribution in [0.2, 0.25) is 0 Å². The van der Waals surface area contributed by atoms with Crippen LogP contribution in [0.5, 0.6) is 0 Å². The van der Waals surface area contributed by atoms with E-state index in [2.05, 4.69) is 73.2 Å². The molecule has 0 spiro atoms. The molecular weight excluding hydrogens is 391 g/mol. The van der Waals surface area contributed by atoms with Crippen LogP contribution >= 0.6 is 0 Å². The number of anilines is 1. The van der Waals surface area contributed by atoms with Gasteiger partial charge >= 0.3 is 0 Å². The highest BCUT2D eigenvalue weighted by Crippen LogP contribution is 2.24. The van der Waals surface area contributed by atoms with Crippen molar-refractivity contribution >= 4 is 5.69 Å². The summed E-state index contributed by atoms with van der Waals surface area (Å²) in [6.45, 7) is 14.4. The largest absolute Gasteiger partial charge is 0.360 e. The molecule has 1 N–H and O–H groups in total. The quantitative estimate of drug-likeness (QED) is 0.701. The number of nitrogens with zero attached hydrogens (tertiary/aromatic N) is 5. The van der Waals surface area contributed by atoms with Crippen molar-refractivity contribution in [2.75, 3.05) is 31.1 Å². The minimum atomic E-state index is -0.239. The first-order valence-electron chi connectivity index (χ1n) is 10.9. The molecule has 1 aliphatic rings. The van der Waals surface area contributed by atoms with E-state index in [1.165, 1.54) is 33.8 Å². The van der Waals surface area contributed by atoms with Gasteiger partial charge in [-0.25, -0.2) is 9.07 Å². The fraction of sp³-hybridized carbons (Fsp3) is 0.458. The lowest BCUT2D eigenvalue weighted by Crippen LogP contribution is -3.15. The van der Waals surface area contributed by atoms with Crippen LogP contribution in [0.4, 0.5) is 10.1 Å². The number of aryl methyl sites for hydroxylation is 2. The lowest BCUT2D eigenvalue weighted by Gasteiger charge is -2.38. The maximum absolute atomic E-state index is 13.7. The second-order valence-electron chi connectivity index (χ2n) is 9.54. The van der Waals surface area contributed by atoms with Crippen molar-refractivity contribution in [3.8, 4) is 0 Å². The van der Waals surface area contributed by atoms with Gasteiger partial charge in [0, 0.05) is 11.3 Å². The first kappa shape index (κ1) is 21.4. The molecule has 0 aliphatic carbocycles. The molecule has 1 atom stereocenters. The van der Waals surface area contributed by atoms with E-state index >= 15 is 0 Å². The molecule has 0 saturated carbocycles. The van der Waals surface area contributed by atoms with Gasteiger partial charge in [-0.05, 0) is 86.5 Å².